The number of thiophene rings is 1. The van der Waals surface area contributed by atoms with Gasteiger partial charge in [-0.25, -0.2) is 24.5 Å². The van der Waals surface area contributed by atoms with Crippen LogP contribution in [-0.4, -0.2) is 63.7 Å². The summed E-state index contributed by atoms with van der Waals surface area (Å²) in [4.78, 5) is 54.1. The Balaban J connectivity index is 1.80. The van der Waals surface area contributed by atoms with Gasteiger partial charge in [-0.1, -0.05) is 0 Å². The molecule has 1 fully saturated rings. The number of nitrogens with zero attached hydrogens (tertiary/aromatic N) is 7. The Morgan fingerprint density at radius 3 is 2.46 bits per heavy atom. The predicted molar refractivity (Wildman–Crippen MR) is 141 cm³/mol. The molecule has 218 valence electrons. The SMILES string of the molecule is Cc1c(Cc2sc3c(c2C(=O)N2OCC(O)C2C)c(=O)n(C)c(=O)n3C(C)C)c(C(F)(F)F)nn1-c1ncccn1. The van der Waals surface area contributed by atoms with Crippen LogP contribution in [-0.2, 0) is 24.5 Å². The van der Waals surface area contributed by atoms with E-state index in [1.54, 1.807) is 20.8 Å². The molecule has 1 aliphatic rings. The molecule has 1 N–H and O–H groups in total. The van der Waals surface area contributed by atoms with Gasteiger partial charge in [0.05, 0.1) is 17.0 Å². The van der Waals surface area contributed by atoms with E-state index in [0.29, 0.717) is 0 Å². The minimum Gasteiger partial charge on any atom is -0.388 e. The number of hydrogen-bond donors (Lipinski definition) is 1. The van der Waals surface area contributed by atoms with E-state index in [2.05, 4.69) is 15.1 Å². The predicted octanol–water partition coefficient (Wildman–Crippen LogP) is 2.37. The number of aromatic nitrogens is 6. The summed E-state index contributed by atoms with van der Waals surface area (Å²) in [6, 6.07) is 0.270. The van der Waals surface area contributed by atoms with E-state index >= 15 is 0 Å². The van der Waals surface area contributed by atoms with E-state index in [4.69, 9.17) is 4.84 Å². The van der Waals surface area contributed by atoms with Crippen LogP contribution in [0, 0.1) is 6.92 Å². The molecule has 1 amide bonds. The zero-order valence-corrected chi connectivity index (χ0v) is 23.4. The van der Waals surface area contributed by atoms with Crippen molar-refractivity contribution in [2.24, 2.45) is 7.05 Å². The maximum atomic E-state index is 14.3. The molecule has 4 aromatic rings. The number of fused-ring (bicyclic) bond motifs is 1. The molecule has 4 aromatic heterocycles. The molecule has 0 aliphatic carbocycles. The van der Waals surface area contributed by atoms with Crippen LogP contribution in [0.5, 0.6) is 0 Å². The fraction of sp³-hybridized carbons (Fsp3) is 0.440. The monoisotopic (exact) mass is 593 g/mol. The Bertz CT molecular complexity index is 1770. The third kappa shape index (κ3) is 4.64. The van der Waals surface area contributed by atoms with E-state index in [0.717, 1.165) is 25.6 Å². The van der Waals surface area contributed by atoms with E-state index in [9.17, 15) is 32.7 Å². The lowest BCUT2D eigenvalue weighted by atomic mass is 10.0. The zero-order valence-electron chi connectivity index (χ0n) is 22.6. The molecule has 0 aromatic carbocycles. The number of hydroxylamine groups is 2. The molecule has 41 heavy (non-hydrogen) atoms. The lowest BCUT2D eigenvalue weighted by Crippen LogP contribution is -2.40. The molecule has 5 rings (SSSR count). The highest BCUT2D eigenvalue weighted by molar-refractivity contribution is 7.19. The van der Waals surface area contributed by atoms with E-state index in [1.165, 1.54) is 37.0 Å². The quantitative estimate of drug-likeness (QED) is 0.373. The van der Waals surface area contributed by atoms with E-state index in [-0.39, 0.29) is 44.5 Å². The van der Waals surface area contributed by atoms with Crippen molar-refractivity contribution in [1.82, 2.24) is 33.9 Å². The first-order valence-electron chi connectivity index (χ1n) is 12.6. The van der Waals surface area contributed by atoms with Crippen molar-refractivity contribution in [3.05, 3.63) is 66.7 Å². The maximum absolute atomic E-state index is 14.3. The Hall–Kier alpha value is -3.89. The Morgan fingerprint density at radius 1 is 1.24 bits per heavy atom. The summed E-state index contributed by atoms with van der Waals surface area (Å²) in [5.74, 6) is -0.892. The number of amides is 1. The number of alkyl halides is 3. The topological polar surface area (TPSA) is 137 Å². The second-order valence-electron chi connectivity index (χ2n) is 9.97. The lowest BCUT2D eigenvalue weighted by Gasteiger charge is -2.20. The third-order valence-corrected chi connectivity index (χ3v) is 8.21. The van der Waals surface area contributed by atoms with Crippen molar-refractivity contribution in [3.8, 4) is 5.95 Å². The van der Waals surface area contributed by atoms with Crippen molar-refractivity contribution in [2.45, 2.75) is 58.5 Å². The number of carbonyl (C=O) groups excluding carboxylic acids is 1. The van der Waals surface area contributed by atoms with Gasteiger partial charge < -0.3 is 5.11 Å². The highest BCUT2D eigenvalue weighted by atomic mass is 32.1. The second-order valence-corrected chi connectivity index (χ2v) is 11.1. The molecule has 2 atom stereocenters. The molecule has 5 heterocycles. The summed E-state index contributed by atoms with van der Waals surface area (Å²) >= 11 is 0.881. The molecule has 2 unspecified atom stereocenters. The van der Waals surface area contributed by atoms with Gasteiger partial charge in [-0.05, 0) is 33.8 Å². The minimum absolute atomic E-state index is 0.0785. The van der Waals surface area contributed by atoms with Crippen molar-refractivity contribution < 1.29 is 27.9 Å². The minimum atomic E-state index is -4.87. The molecule has 16 heteroatoms. The van der Waals surface area contributed by atoms with E-state index in [1.807, 2.05) is 0 Å². The highest BCUT2D eigenvalue weighted by Gasteiger charge is 2.41. The van der Waals surface area contributed by atoms with Gasteiger partial charge in [0.2, 0.25) is 0 Å². The summed E-state index contributed by atoms with van der Waals surface area (Å²) in [6.45, 7) is 6.21. The summed E-state index contributed by atoms with van der Waals surface area (Å²) in [7, 11) is 1.27. The van der Waals surface area contributed by atoms with Crippen LogP contribution in [0.25, 0.3) is 16.2 Å². The summed E-state index contributed by atoms with van der Waals surface area (Å²) in [5, 5.41) is 14.7. The van der Waals surface area contributed by atoms with Crippen LogP contribution < -0.4 is 11.2 Å². The van der Waals surface area contributed by atoms with Gasteiger partial charge in [-0.2, -0.15) is 18.3 Å². The summed E-state index contributed by atoms with van der Waals surface area (Å²) < 4.78 is 46.0. The number of carbonyl (C=O) groups is 1. The fourth-order valence-corrected chi connectivity index (χ4v) is 6.22. The van der Waals surface area contributed by atoms with Gasteiger partial charge in [0.25, 0.3) is 17.4 Å². The van der Waals surface area contributed by atoms with Crippen molar-refractivity contribution in [3.63, 3.8) is 0 Å². The zero-order chi connectivity index (χ0) is 30.0. The average molecular weight is 594 g/mol. The van der Waals surface area contributed by atoms with Crippen molar-refractivity contribution in [1.29, 1.82) is 0 Å². The van der Waals surface area contributed by atoms with E-state index < -0.39 is 53.6 Å². The molecule has 0 radical (unpaired) electrons. The molecule has 0 saturated carbocycles. The van der Waals surface area contributed by atoms with Crippen LogP contribution in [0.1, 0.15) is 59.0 Å². The molecule has 0 bridgehead atoms. The van der Waals surface area contributed by atoms with Gasteiger partial charge in [0.15, 0.2) is 5.69 Å². The van der Waals surface area contributed by atoms with Crippen LogP contribution in [0.4, 0.5) is 13.2 Å². The van der Waals surface area contributed by atoms with Gasteiger partial charge in [-0.15, -0.1) is 11.3 Å². The average Bonchev–Trinajstić information content (AvgIpc) is 3.56. The molecule has 12 nitrogen and oxygen atoms in total. The number of aliphatic hydroxyl groups is 1. The molecule has 1 saturated heterocycles. The number of aliphatic hydroxyl groups excluding tert-OH is 1. The maximum Gasteiger partial charge on any atom is 0.435 e. The van der Waals surface area contributed by atoms with Crippen LogP contribution >= 0.6 is 11.3 Å². The first-order valence-corrected chi connectivity index (χ1v) is 13.4. The standard InChI is InChI=1S/C25H26F3N7O5S/c1-11(2)33-22-18(20(37)32(5)24(33)39)17(21(38)35-13(4)15(36)10-40-35)16(41-22)9-14-12(3)34(23-29-7-6-8-30-23)31-19(14)25(26,27)28/h6-8,11,13,15,36H,9-10H2,1-5H3. The van der Waals surface area contributed by atoms with Crippen LogP contribution in [0.15, 0.2) is 28.0 Å². The number of hydrogen-bond acceptors (Lipinski definition) is 9. The van der Waals surface area contributed by atoms with Gasteiger partial charge >= 0.3 is 11.9 Å². The first-order chi connectivity index (χ1) is 19.2. The Morgan fingerprint density at radius 2 is 1.90 bits per heavy atom. The largest absolute Gasteiger partial charge is 0.435 e. The van der Waals surface area contributed by atoms with Crippen molar-refractivity contribution in [2.75, 3.05) is 6.61 Å². The molecular formula is C25H26F3N7O5S. The first kappa shape index (κ1) is 28.6. The highest BCUT2D eigenvalue weighted by Crippen LogP contribution is 2.38. The smallest absolute Gasteiger partial charge is 0.388 e. The summed E-state index contributed by atoms with van der Waals surface area (Å²) in [5.41, 5.74) is -2.98. The van der Waals surface area contributed by atoms with Crippen LogP contribution in [0.2, 0.25) is 0 Å². The molecular weight excluding hydrogens is 567 g/mol. The Kier molecular flexibility index (Phi) is 7.11. The number of rotatable bonds is 5. The number of halogens is 3. The molecule has 0 spiro atoms. The summed E-state index contributed by atoms with van der Waals surface area (Å²) in [6.07, 6.45) is -3.59. The van der Waals surface area contributed by atoms with Gasteiger partial charge in [-0.3, -0.25) is 23.6 Å². The second kappa shape index (κ2) is 10.2. The Labute approximate surface area is 234 Å². The normalized spacial score (nSPS) is 17.8. The lowest BCUT2D eigenvalue weighted by molar-refractivity contribution is -0.141. The molecule has 1 aliphatic heterocycles. The fourth-order valence-electron chi connectivity index (χ4n) is 4.80. The third-order valence-electron chi connectivity index (χ3n) is 7.02. The van der Waals surface area contributed by atoms with Crippen molar-refractivity contribution >= 4 is 27.5 Å². The van der Waals surface area contributed by atoms with Gasteiger partial charge in [0.1, 0.15) is 17.5 Å². The van der Waals surface area contributed by atoms with Crippen LogP contribution in [0.3, 0.4) is 0 Å². The van der Waals surface area contributed by atoms with Gasteiger partial charge in [0, 0.05) is 48.0 Å².